The molecule has 0 fully saturated rings. The second-order valence-electron chi connectivity index (χ2n) is 1.20. The van der Waals surface area contributed by atoms with Crippen molar-refractivity contribution in [3.8, 4) is 0 Å². The summed E-state index contributed by atoms with van der Waals surface area (Å²) in [5.41, 5.74) is 0. The number of alkyl halides is 5. The highest BCUT2D eigenvalue weighted by atomic mass is 79.9. The van der Waals surface area contributed by atoms with E-state index in [1.807, 2.05) is 0 Å². The van der Waals surface area contributed by atoms with Gasteiger partial charge < -0.3 is 0 Å². The monoisotopic (exact) mass is 209 g/mol. The lowest BCUT2D eigenvalue weighted by atomic mass is 10.5. The minimum atomic E-state index is -3.76. The van der Waals surface area contributed by atoms with Gasteiger partial charge >= 0.3 is 4.83 Å². The molecule has 49 valence electrons. The fraction of sp³-hybridized carbons (Fsp3) is 0.667. The minimum absolute atomic E-state index is 1.70. The predicted molar refractivity (Wildman–Crippen MR) is 28.9 cm³/mol. The summed E-state index contributed by atoms with van der Waals surface area (Å²) in [6.45, 7) is 2.34. The van der Waals surface area contributed by atoms with Gasteiger partial charge in [-0.15, -0.1) is 0 Å². The second kappa shape index (κ2) is 2.06. The van der Waals surface area contributed by atoms with Crippen LogP contribution >= 0.6 is 27.5 Å². The van der Waals surface area contributed by atoms with Crippen molar-refractivity contribution < 1.29 is 13.2 Å². The first-order valence-corrected chi connectivity index (χ1v) is 2.72. The fourth-order valence-corrected chi connectivity index (χ4v) is 0. The molecule has 0 saturated heterocycles. The molecular weight excluding hydrogens is 208 g/mol. The van der Waals surface area contributed by atoms with E-state index in [9.17, 15) is 13.2 Å². The van der Waals surface area contributed by atoms with E-state index in [0.29, 0.717) is 0 Å². The Morgan fingerprint density at radius 2 is 1.50 bits per heavy atom. The summed E-state index contributed by atoms with van der Waals surface area (Å²) in [5, 5.41) is -3.26. The molecule has 0 aliphatic carbocycles. The Morgan fingerprint density at radius 3 is 1.50 bits per heavy atom. The lowest BCUT2D eigenvalue weighted by Crippen LogP contribution is -2.29. The Labute approximate surface area is 58.1 Å². The van der Waals surface area contributed by atoms with Gasteiger partial charge in [-0.2, -0.15) is 8.78 Å². The summed E-state index contributed by atoms with van der Waals surface area (Å²) in [4.78, 5) is -3.76. The first-order valence-electron chi connectivity index (χ1n) is 1.55. The Hall–Kier alpha value is 0.560. The largest absolute Gasteiger partial charge is 0.348 e. The van der Waals surface area contributed by atoms with Gasteiger partial charge in [0.2, 0.25) is 0 Å². The third-order valence-corrected chi connectivity index (χ3v) is 1.51. The Bertz CT molecular complexity index is 69.5. The molecular formula is C3H2BrClF3. The van der Waals surface area contributed by atoms with Crippen molar-refractivity contribution in [3.63, 3.8) is 0 Å². The van der Waals surface area contributed by atoms with Crippen LogP contribution in [0.1, 0.15) is 0 Å². The maximum absolute atomic E-state index is 11.8. The molecule has 0 aromatic heterocycles. The van der Waals surface area contributed by atoms with Crippen LogP contribution in [0.4, 0.5) is 13.2 Å². The summed E-state index contributed by atoms with van der Waals surface area (Å²) in [6.07, 6.45) is 0. The fourth-order valence-electron chi connectivity index (χ4n) is 0. The predicted octanol–water partition coefficient (Wildman–Crippen LogP) is 2.71. The molecule has 0 aliphatic rings. The maximum Gasteiger partial charge on any atom is 0.348 e. The molecule has 0 aliphatic heterocycles. The van der Waals surface area contributed by atoms with Crippen molar-refractivity contribution in [2.75, 3.05) is 0 Å². The van der Waals surface area contributed by atoms with Crippen LogP contribution in [0.15, 0.2) is 0 Å². The zero-order valence-corrected chi connectivity index (χ0v) is 5.94. The molecule has 8 heavy (non-hydrogen) atoms. The first kappa shape index (κ1) is 8.56. The van der Waals surface area contributed by atoms with Crippen molar-refractivity contribution in [2.24, 2.45) is 0 Å². The lowest BCUT2D eigenvalue weighted by Gasteiger charge is -2.16. The molecule has 0 rings (SSSR count). The summed E-state index contributed by atoms with van der Waals surface area (Å²) in [5.74, 6) is 0. The Balaban J connectivity index is 4.02. The normalized spacial score (nSPS) is 20.2. The molecule has 0 heterocycles. The van der Waals surface area contributed by atoms with E-state index < -0.39 is 9.96 Å². The van der Waals surface area contributed by atoms with Crippen molar-refractivity contribution in [1.29, 1.82) is 0 Å². The lowest BCUT2D eigenvalue weighted by molar-refractivity contribution is 0.0202. The Morgan fingerprint density at radius 1 is 1.38 bits per heavy atom. The number of hydrogen-bond acceptors (Lipinski definition) is 0. The van der Waals surface area contributed by atoms with Crippen molar-refractivity contribution in [3.05, 3.63) is 6.92 Å². The molecule has 1 radical (unpaired) electrons. The van der Waals surface area contributed by atoms with E-state index in [1.54, 1.807) is 15.9 Å². The second-order valence-corrected chi connectivity index (χ2v) is 2.80. The highest BCUT2D eigenvalue weighted by molar-refractivity contribution is 9.10. The van der Waals surface area contributed by atoms with E-state index in [-0.39, 0.29) is 0 Å². The van der Waals surface area contributed by atoms with Crippen LogP contribution in [-0.4, -0.2) is 9.96 Å². The standard InChI is InChI=1S/C3H2BrClF3/c1-2(5,6)3(4,7)8/h1H2. The summed E-state index contributed by atoms with van der Waals surface area (Å²) in [6, 6.07) is 0. The highest BCUT2D eigenvalue weighted by Gasteiger charge is 2.47. The van der Waals surface area contributed by atoms with Crippen LogP contribution in [0.3, 0.4) is 0 Å². The van der Waals surface area contributed by atoms with Gasteiger partial charge in [0.15, 0.2) is 0 Å². The minimum Gasteiger partial charge on any atom is -0.218 e. The van der Waals surface area contributed by atoms with Gasteiger partial charge in [0, 0.05) is 6.92 Å². The van der Waals surface area contributed by atoms with Crippen LogP contribution in [-0.2, 0) is 0 Å². The van der Waals surface area contributed by atoms with Gasteiger partial charge in [-0.05, 0) is 15.9 Å². The third kappa shape index (κ3) is 2.22. The number of hydrogen-bond donors (Lipinski definition) is 0. The zero-order valence-electron chi connectivity index (χ0n) is 3.60. The Kier molecular flexibility index (Phi) is 2.21. The maximum atomic E-state index is 11.8. The van der Waals surface area contributed by atoms with Crippen molar-refractivity contribution in [2.45, 2.75) is 9.96 Å². The van der Waals surface area contributed by atoms with Crippen molar-refractivity contribution >= 4 is 27.5 Å². The van der Waals surface area contributed by atoms with E-state index in [4.69, 9.17) is 0 Å². The summed E-state index contributed by atoms with van der Waals surface area (Å²) >= 11 is 6.13. The van der Waals surface area contributed by atoms with Crippen LogP contribution in [0, 0.1) is 6.92 Å². The molecule has 1 atom stereocenters. The highest BCUT2D eigenvalue weighted by Crippen LogP contribution is 2.40. The smallest absolute Gasteiger partial charge is 0.218 e. The zero-order chi connectivity index (χ0) is 7.00. The quantitative estimate of drug-likeness (QED) is 0.584. The van der Waals surface area contributed by atoms with Crippen LogP contribution in [0.5, 0.6) is 0 Å². The van der Waals surface area contributed by atoms with E-state index in [1.165, 1.54) is 0 Å². The van der Waals surface area contributed by atoms with Gasteiger partial charge in [-0.3, -0.25) is 0 Å². The molecule has 0 spiro atoms. The average Bonchev–Trinajstić information content (AvgIpc) is 1.25. The third-order valence-electron chi connectivity index (χ3n) is 0.415. The van der Waals surface area contributed by atoms with Gasteiger partial charge in [0.05, 0.1) is 0 Å². The molecule has 0 nitrogen and oxygen atoms in total. The number of halogens is 5. The molecule has 0 N–H and O–H groups in total. The molecule has 0 bridgehead atoms. The molecule has 0 amide bonds. The van der Waals surface area contributed by atoms with E-state index in [2.05, 4.69) is 18.5 Å². The summed E-state index contributed by atoms with van der Waals surface area (Å²) < 4.78 is 34.9. The molecule has 1 unspecified atom stereocenters. The van der Waals surface area contributed by atoms with Gasteiger partial charge in [-0.25, -0.2) is 4.39 Å². The van der Waals surface area contributed by atoms with Crippen LogP contribution in [0.25, 0.3) is 0 Å². The molecule has 0 aromatic carbocycles. The summed E-state index contributed by atoms with van der Waals surface area (Å²) in [7, 11) is 0. The molecule has 0 saturated carbocycles. The van der Waals surface area contributed by atoms with Gasteiger partial charge in [0.25, 0.3) is 5.13 Å². The van der Waals surface area contributed by atoms with Crippen LogP contribution in [0.2, 0.25) is 0 Å². The first-order chi connectivity index (χ1) is 3.25. The van der Waals surface area contributed by atoms with E-state index >= 15 is 0 Å². The number of rotatable bonds is 1. The SMILES string of the molecule is [CH2]C(F)(Cl)C(F)(F)Br. The molecule has 5 heteroatoms. The molecule has 0 aromatic rings. The van der Waals surface area contributed by atoms with Gasteiger partial charge in [0.1, 0.15) is 0 Å². The van der Waals surface area contributed by atoms with Crippen molar-refractivity contribution in [1.82, 2.24) is 0 Å². The topological polar surface area (TPSA) is 0 Å². The van der Waals surface area contributed by atoms with Gasteiger partial charge in [-0.1, -0.05) is 11.6 Å². The van der Waals surface area contributed by atoms with Crippen LogP contribution < -0.4 is 0 Å². The average molecular weight is 210 g/mol. The van der Waals surface area contributed by atoms with E-state index in [0.717, 1.165) is 0 Å².